The van der Waals surface area contributed by atoms with Crippen LogP contribution in [0.3, 0.4) is 0 Å². The number of carbonyl (C=O) groups is 2. The molecule has 2 aliphatic rings. The summed E-state index contributed by atoms with van der Waals surface area (Å²) in [7, 11) is 3.48. The molecule has 1 spiro atoms. The molecule has 1 saturated heterocycles. The summed E-state index contributed by atoms with van der Waals surface area (Å²) in [6.45, 7) is 1.45. The topological polar surface area (TPSA) is 78.5 Å². The molecule has 7 heteroatoms. The molecule has 0 atom stereocenters. The molecule has 1 amide bonds. The van der Waals surface area contributed by atoms with Crippen LogP contribution in [-0.2, 0) is 10.3 Å². The number of aromatic amines is 1. The molecular formula is C22H22N4O3. The van der Waals surface area contributed by atoms with E-state index >= 15 is 0 Å². The van der Waals surface area contributed by atoms with Gasteiger partial charge in [0.05, 0.1) is 16.6 Å². The van der Waals surface area contributed by atoms with Gasteiger partial charge in [0.2, 0.25) is 5.95 Å². The van der Waals surface area contributed by atoms with Crippen LogP contribution in [-0.4, -0.2) is 53.9 Å². The van der Waals surface area contributed by atoms with E-state index in [0.717, 1.165) is 48.5 Å². The van der Waals surface area contributed by atoms with Gasteiger partial charge >= 0.3 is 5.97 Å². The number of amides is 1. The van der Waals surface area contributed by atoms with Crippen molar-refractivity contribution in [3.05, 3.63) is 59.2 Å². The zero-order chi connectivity index (χ0) is 20.2. The molecule has 0 unspecified atom stereocenters. The van der Waals surface area contributed by atoms with Crippen molar-refractivity contribution in [2.45, 2.75) is 18.4 Å². The van der Waals surface area contributed by atoms with Gasteiger partial charge in [0.1, 0.15) is 5.60 Å². The lowest BCUT2D eigenvalue weighted by molar-refractivity contribution is -0.0211. The number of nitrogens with zero attached hydrogens (tertiary/aromatic N) is 3. The van der Waals surface area contributed by atoms with E-state index in [1.54, 1.807) is 25.1 Å². The van der Waals surface area contributed by atoms with E-state index in [9.17, 15) is 9.59 Å². The molecule has 148 valence electrons. The summed E-state index contributed by atoms with van der Waals surface area (Å²) in [6.07, 6.45) is 1.44. The maximum atomic E-state index is 12.3. The van der Waals surface area contributed by atoms with Gasteiger partial charge in [-0.15, -0.1) is 0 Å². The zero-order valence-electron chi connectivity index (χ0n) is 16.4. The predicted octanol–water partition coefficient (Wildman–Crippen LogP) is 2.93. The summed E-state index contributed by atoms with van der Waals surface area (Å²) >= 11 is 0. The van der Waals surface area contributed by atoms with Gasteiger partial charge in [-0.05, 0) is 24.3 Å². The van der Waals surface area contributed by atoms with Crippen molar-refractivity contribution in [2.24, 2.45) is 0 Å². The van der Waals surface area contributed by atoms with Crippen LogP contribution < -0.4 is 4.90 Å². The van der Waals surface area contributed by atoms with Gasteiger partial charge in [0, 0.05) is 51.2 Å². The van der Waals surface area contributed by atoms with Crippen LogP contribution in [0, 0.1) is 0 Å². The highest BCUT2D eigenvalue weighted by molar-refractivity contribution is 5.97. The van der Waals surface area contributed by atoms with Gasteiger partial charge in [-0.3, -0.25) is 4.79 Å². The number of rotatable bonds is 2. The molecule has 5 rings (SSSR count). The average molecular weight is 390 g/mol. The smallest absolute Gasteiger partial charge is 0.339 e. The van der Waals surface area contributed by atoms with Gasteiger partial charge in [-0.1, -0.05) is 18.2 Å². The average Bonchev–Trinajstić information content (AvgIpc) is 3.27. The first-order chi connectivity index (χ1) is 14.0. The number of carbonyl (C=O) groups excluding carboxylic acids is 2. The maximum Gasteiger partial charge on any atom is 0.339 e. The normalized spacial score (nSPS) is 17.4. The molecule has 0 aliphatic carbocycles. The Morgan fingerprint density at radius 3 is 2.69 bits per heavy atom. The number of H-pyrrole nitrogens is 1. The number of anilines is 1. The summed E-state index contributed by atoms with van der Waals surface area (Å²) < 4.78 is 5.83. The van der Waals surface area contributed by atoms with Crippen molar-refractivity contribution in [3.63, 3.8) is 0 Å². The number of aromatic nitrogens is 2. The van der Waals surface area contributed by atoms with E-state index in [2.05, 4.69) is 9.88 Å². The van der Waals surface area contributed by atoms with E-state index in [0.29, 0.717) is 11.1 Å². The minimum Gasteiger partial charge on any atom is -0.450 e. The second kappa shape index (κ2) is 6.34. The van der Waals surface area contributed by atoms with Crippen molar-refractivity contribution in [3.8, 4) is 0 Å². The van der Waals surface area contributed by atoms with Gasteiger partial charge in [0.25, 0.3) is 5.91 Å². The van der Waals surface area contributed by atoms with Crippen LogP contribution in [0.4, 0.5) is 5.95 Å². The van der Waals surface area contributed by atoms with Crippen LogP contribution in [0.1, 0.15) is 39.1 Å². The highest BCUT2D eigenvalue weighted by atomic mass is 16.6. The summed E-state index contributed by atoms with van der Waals surface area (Å²) in [6, 6.07) is 13.2. The molecule has 3 heterocycles. The number of benzene rings is 2. The van der Waals surface area contributed by atoms with E-state index in [1.807, 2.05) is 36.4 Å². The first-order valence-electron chi connectivity index (χ1n) is 9.76. The molecule has 7 nitrogen and oxygen atoms in total. The molecule has 3 aromatic rings. The van der Waals surface area contributed by atoms with E-state index in [1.165, 1.54) is 0 Å². The number of nitrogens with one attached hydrogen (secondary N) is 1. The predicted molar refractivity (Wildman–Crippen MR) is 109 cm³/mol. The Morgan fingerprint density at radius 1 is 1.17 bits per heavy atom. The van der Waals surface area contributed by atoms with Crippen molar-refractivity contribution < 1.29 is 14.3 Å². The molecule has 0 bridgehead atoms. The Kier molecular flexibility index (Phi) is 3.87. The van der Waals surface area contributed by atoms with E-state index in [4.69, 9.17) is 9.72 Å². The SMILES string of the molecule is CN(C)C(=O)c1ccc2nc(N3CCC4(CC3)OC(=O)c3ccccc34)[nH]c2c1. The fourth-order valence-electron chi connectivity index (χ4n) is 4.33. The zero-order valence-corrected chi connectivity index (χ0v) is 16.4. The van der Waals surface area contributed by atoms with Crippen LogP contribution in [0.2, 0.25) is 0 Å². The number of hydrogen-bond acceptors (Lipinski definition) is 5. The molecule has 1 N–H and O–H groups in total. The van der Waals surface area contributed by atoms with E-state index in [-0.39, 0.29) is 11.9 Å². The molecular weight excluding hydrogens is 368 g/mol. The highest BCUT2D eigenvalue weighted by Crippen LogP contribution is 2.44. The first-order valence-corrected chi connectivity index (χ1v) is 9.76. The summed E-state index contributed by atoms with van der Waals surface area (Å²) in [5.41, 5.74) is 3.45. The highest BCUT2D eigenvalue weighted by Gasteiger charge is 2.47. The number of fused-ring (bicyclic) bond motifs is 3. The fraction of sp³-hybridized carbons (Fsp3) is 0.318. The third-order valence-corrected chi connectivity index (χ3v) is 5.92. The Bertz CT molecular complexity index is 1130. The monoisotopic (exact) mass is 390 g/mol. The minimum absolute atomic E-state index is 0.0373. The second-order valence-corrected chi connectivity index (χ2v) is 7.91. The Labute approximate surface area is 168 Å². The lowest BCUT2D eigenvalue weighted by Gasteiger charge is -2.38. The molecule has 1 aromatic heterocycles. The number of esters is 1. The molecule has 0 saturated carbocycles. The maximum absolute atomic E-state index is 12.3. The second-order valence-electron chi connectivity index (χ2n) is 7.91. The van der Waals surface area contributed by atoms with Crippen molar-refractivity contribution in [2.75, 3.05) is 32.1 Å². The van der Waals surface area contributed by atoms with Gasteiger partial charge in [-0.2, -0.15) is 0 Å². The lowest BCUT2D eigenvalue weighted by atomic mass is 9.84. The molecule has 2 aliphatic heterocycles. The number of imidazole rings is 1. The third-order valence-electron chi connectivity index (χ3n) is 5.92. The van der Waals surface area contributed by atoms with Crippen LogP contribution in [0.15, 0.2) is 42.5 Å². The number of ether oxygens (including phenoxy) is 1. The Morgan fingerprint density at radius 2 is 1.93 bits per heavy atom. The molecule has 2 aromatic carbocycles. The first kappa shape index (κ1) is 17.7. The van der Waals surface area contributed by atoms with Gasteiger partial charge in [0.15, 0.2) is 0 Å². The standard InChI is InChI=1S/C22H22N4O3/c1-25(2)19(27)14-7-8-17-18(13-14)24-21(23-17)26-11-9-22(10-12-26)16-6-4-3-5-15(16)20(28)29-22/h3-8,13H,9-12H2,1-2H3,(H,23,24). The number of hydrogen-bond donors (Lipinski definition) is 1. The van der Waals surface area contributed by atoms with Crippen LogP contribution in [0.25, 0.3) is 11.0 Å². The van der Waals surface area contributed by atoms with E-state index < -0.39 is 5.60 Å². The number of piperidine rings is 1. The third kappa shape index (κ3) is 2.76. The summed E-state index contributed by atoms with van der Waals surface area (Å²) in [5.74, 6) is 0.516. The fourth-order valence-corrected chi connectivity index (χ4v) is 4.33. The van der Waals surface area contributed by atoms with Crippen molar-refractivity contribution >= 4 is 28.9 Å². The van der Waals surface area contributed by atoms with Crippen molar-refractivity contribution in [1.29, 1.82) is 0 Å². The lowest BCUT2D eigenvalue weighted by Crippen LogP contribution is -2.43. The summed E-state index contributed by atoms with van der Waals surface area (Å²) in [4.78, 5) is 36.2. The quantitative estimate of drug-likeness (QED) is 0.681. The Balaban J connectivity index is 1.38. The van der Waals surface area contributed by atoms with Gasteiger partial charge in [-0.25, -0.2) is 9.78 Å². The summed E-state index contributed by atoms with van der Waals surface area (Å²) in [5, 5.41) is 0. The molecule has 1 fully saturated rings. The molecule has 0 radical (unpaired) electrons. The van der Waals surface area contributed by atoms with Crippen LogP contribution in [0.5, 0.6) is 0 Å². The largest absolute Gasteiger partial charge is 0.450 e. The molecule has 29 heavy (non-hydrogen) atoms. The Hall–Kier alpha value is -3.35. The van der Waals surface area contributed by atoms with Crippen molar-refractivity contribution in [1.82, 2.24) is 14.9 Å². The van der Waals surface area contributed by atoms with Crippen LogP contribution >= 0.6 is 0 Å². The van der Waals surface area contributed by atoms with Gasteiger partial charge < -0.3 is 19.5 Å². The minimum atomic E-state index is -0.526.